The van der Waals surface area contributed by atoms with Crippen molar-refractivity contribution in [3.05, 3.63) is 23.9 Å². The van der Waals surface area contributed by atoms with Crippen molar-refractivity contribution >= 4 is 11.7 Å². The number of aromatic nitrogens is 1. The Kier molecular flexibility index (Phi) is 6.15. The Morgan fingerprint density at radius 3 is 2.82 bits per heavy atom. The molecule has 1 saturated heterocycles. The molecule has 6 nitrogen and oxygen atoms in total. The molecule has 0 radical (unpaired) electrons. The summed E-state index contributed by atoms with van der Waals surface area (Å²) in [5.74, 6) is 0.941. The molecule has 0 aromatic carbocycles. The summed E-state index contributed by atoms with van der Waals surface area (Å²) in [6.45, 7) is 9.85. The van der Waals surface area contributed by atoms with E-state index >= 15 is 0 Å². The monoisotopic (exact) mass is 306 g/mol. The summed E-state index contributed by atoms with van der Waals surface area (Å²) in [5.41, 5.74) is 0.994. The summed E-state index contributed by atoms with van der Waals surface area (Å²) >= 11 is 0. The maximum absolute atomic E-state index is 12.2. The SMILES string of the molecule is CCN(CC)c1ccc(CNC(=O)[C@H]2NCCO[C@@H]2C)cn1. The molecule has 1 amide bonds. The van der Waals surface area contributed by atoms with Crippen LogP contribution in [0.3, 0.4) is 0 Å². The van der Waals surface area contributed by atoms with Gasteiger partial charge in [0.25, 0.3) is 0 Å². The van der Waals surface area contributed by atoms with Crippen molar-refractivity contribution in [1.29, 1.82) is 0 Å². The third-order valence-corrected chi connectivity index (χ3v) is 3.96. The first-order chi connectivity index (χ1) is 10.7. The van der Waals surface area contributed by atoms with E-state index in [-0.39, 0.29) is 18.1 Å². The van der Waals surface area contributed by atoms with Gasteiger partial charge in [0.15, 0.2) is 0 Å². The smallest absolute Gasteiger partial charge is 0.240 e. The Bertz CT molecular complexity index is 474. The molecule has 1 aromatic heterocycles. The van der Waals surface area contributed by atoms with Crippen LogP contribution in [0.1, 0.15) is 26.3 Å². The highest BCUT2D eigenvalue weighted by Crippen LogP contribution is 2.11. The molecule has 2 atom stereocenters. The van der Waals surface area contributed by atoms with Crippen LogP contribution >= 0.6 is 0 Å². The van der Waals surface area contributed by atoms with Crippen molar-refractivity contribution in [3.63, 3.8) is 0 Å². The van der Waals surface area contributed by atoms with Gasteiger partial charge in [-0.05, 0) is 32.4 Å². The second kappa shape index (κ2) is 8.10. The van der Waals surface area contributed by atoms with Crippen molar-refractivity contribution in [2.24, 2.45) is 0 Å². The third kappa shape index (κ3) is 4.18. The lowest BCUT2D eigenvalue weighted by atomic mass is 10.1. The molecule has 2 heterocycles. The molecule has 2 N–H and O–H groups in total. The van der Waals surface area contributed by atoms with Gasteiger partial charge in [-0.15, -0.1) is 0 Å². The Morgan fingerprint density at radius 1 is 1.45 bits per heavy atom. The van der Waals surface area contributed by atoms with Crippen LogP contribution in [0, 0.1) is 0 Å². The summed E-state index contributed by atoms with van der Waals surface area (Å²) in [7, 11) is 0. The quantitative estimate of drug-likeness (QED) is 0.818. The van der Waals surface area contributed by atoms with Gasteiger partial charge in [-0.3, -0.25) is 4.79 Å². The van der Waals surface area contributed by atoms with Crippen LogP contribution < -0.4 is 15.5 Å². The molecule has 0 saturated carbocycles. The zero-order chi connectivity index (χ0) is 15.9. The van der Waals surface area contributed by atoms with E-state index in [2.05, 4.69) is 34.4 Å². The minimum absolute atomic E-state index is 0.0278. The molecule has 2 rings (SSSR count). The van der Waals surface area contributed by atoms with Crippen molar-refractivity contribution in [3.8, 4) is 0 Å². The summed E-state index contributed by atoms with van der Waals surface area (Å²) < 4.78 is 5.49. The Labute approximate surface area is 132 Å². The van der Waals surface area contributed by atoms with Crippen LogP contribution in [0.25, 0.3) is 0 Å². The van der Waals surface area contributed by atoms with Gasteiger partial charge in [0, 0.05) is 32.4 Å². The van der Waals surface area contributed by atoms with Gasteiger partial charge in [-0.1, -0.05) is 6.07 Å². The lowest BCUT2D eigenvalue weighted by Gasteiger charge is -2.29. The lowest BCUT2D eigenvalue weighted by Crippen LogP contribution is -2.55. The number of hydrogen-bond donors (Lipinski definition) is 2. The summed E-state index contributed by atoms with van der Waals surface area (Å²) in [6.07, 6.45) is 1.72. The van der Waals surface area contributed by atoms with Crippen LogP contribution in [-0.2, 0) is 16.1 Å². The zero-order valence-electron chi connectivity index (χ0n) is 13.6. The van der Waals surface area contributed by atoms with E-state index in [1.54, 1.807) is 0 Å². The van der Waals surface area contributed by atoms with Gasteiger partial charge in [0.2, 0.25) is 5.91 Å². The maximum atomic E-state index is 12.2. The highest BCUT2D eigenvalue weighted by molar-refractivity contribution is 5.82. The zero-order valence-corrected chi connectivity index (χ0v) is 13.6. The van der Waals surface area contributed by atoms with Crippen LogP contribution in [0.4, 0.5) is 5.82 Å². The van der Waals surface area contributed by atoms with E-state index in [1.165, 1.54) is 0 Å². The highest BCUT2D eigenvalue weighted by atomic mass is 16.5. The molecule has 1 fully saturated rings. The third-order valence-electron chi connectivity index (χ3n) is 3.96. The maximum Gasteiger partial charge on any atom is 0.240 e. The topological polar surface area (TPSA) is 66.5 Å². The molecule has 0 unspecified atom stereocenters. The first kappa shape index (κ1) is 16.7. The first-order valence-corrected chi connectivity index (χ1v) is 7.98. The first-order valence-electron chi connectivity index (χ1n) is 7.98. The molecule has 1 aliphatic rings. The van der Waals surface area contributed by atoms with E-state index in [4.69, 9.17) is 4.74 Å². The number of ether oxygens (including phenoxy) is 1. The second-order valence-electron chi connectivity index (χ2n) is 5.42. The average Bonchev–Trinajstić information content (AvgIpc) is 2.55. The Morgan fingerprint density at radius 2 is 2.23 bits per heavy atom. The molecule has 1 aromatic rings. The number of amides is 1. The van der Waals surface area contributed by atoms with Crippen LogP contribution in [0.15, 0.2) is 18.3 Å². The molecule has 22 heavy (non-hydrogen) atoms. The molecule has 0 spiro atoms. The highest BCUT2D eigenvalue weighted by Gasteiger charge is 2.27. The van der Waals surface area contributed by atoms with Crippen molar-refractivity contribution in [2.45, 2.75) is 39.5 Å². The molecule has 122 valence electrons. The van der Waals surface area contributed by atoms with E-state index in [1.807, 2.05) is 25.3 Å². The van der Waals surface area contributed by atoms with Gasteiger partial charge in [-0.25, -0.2) is 4.98 Å². The van der Waals surface area contributed by atoms with Crippen molar-refractivity contribution in [2.75, 3.05) is 31.1 Å². The largest absolute Gasteiger partial charge is 0.375 e. The van der Waals surface area contributed by atoms with E-state index in [9.17, 15) is 4.79 Å². The van der Waals surface area contributed by atoms with Gasteiger partial charge < -0.3 is 20.3 Å². The minimum Gasteiger partial charge on any atom is -0.375 e. The predicted molar refractivity (Wildman–Crippen MR) is 86.8 cm³/mol. The molecular formula is C16H26N4O2. The van der Waals surface area contributed by atoms with Crippen LogP contribution in [0.2, 0.25) is 0 Å². The van der Waals surface area contributed by atoms with Crippen LogP contribution in [-0.4, -0.2) is 49.3 Å². The Balaban J connectivity index is 1.87. The Hall–Kier alpha value is -1.66. The number of nitrogens with zero attached hydrogens (tertiary/aromatic N) is 2. The second-order valence-corrected chi connectivity index (χ2v) is 5.42. The molecule has 0 aliphatic carbocycles. The minimum atomic E-state index is -0.281. The van der Waals surface area contributed by atoms with Gasteiger partial charge in [0.05, 0.1) is 12.7 Å². The molecule has 0 bridgehead atoms. The van der Waals surface area contributed by atoms with Crippen LogP contribution in [0.5, 0.6) is 0 Å². The summed E-state index contributed by atoms with van der Waals surface area (Å²) in [4.78, 5) is 18.8. The fourth-order valence-electron chi connectivity index (χ4n) is 2.58. The molecule has 1 aliphatic heterocycles. The fraction of sp³-hybridized carbons (Fsp3) is 0.625. The van der Waals surface area contributed by atoms with Gasteiger partial charge in [0.1, 0.15) is 11.9 Å². The number of carbonyl (C=O) groups is 1. The number of anilines is 1. The number of carbonyl (C=O) groups excluding carboxylic acids is 1. The van der Waals surface area contributed by atoms with Crippen molar-refractivity contribution in [1.82, 2.24) is 15.6 Å². The van der Waals surface area contributed by atoms with Gasteiger partial charge >= 0.3 is 0 Å². The lowest BCUT2D eigenvalue weighted by molar-refractivity contribution is -0.129. The number of rotatable bonds is 6. The molecule has 6 heteroatoms. The van der Waals surface area contributed by atoms with Gasteiger partial charge in [-0.2, -0.15) is 0 Å². The van der Waals surface area contributed by atoms with E-state index < -0.39 is 0 Å². The number of nitrogens with one attached hydrogen (secondary N) is 2. The predicted octanol–water partition coefficient (Wildman–Crippen LogP) is 0.921. The summed E-state index contributed by atoms with van der Waals surface area (Å²) in [5, 5.41) is 6.13. The number of pyridine rings is 1. The van der Waals surface area contributed by atoms with E-state index in [0.717, 1.165) is 24.5 Å². The molecular weight excluding hydrogens is 280 g/mol. The standard InChI is InChI=1S/C16H26N4O2/c1-4-20(5-2)14-7-6-13(10-18-14)11-19-16(21)15-12(3)22-9-8-17-15/h6-7,10,12,15,17H,4-5,8-9,11H2,1-3H3,(H,19,21)/t12-,15+/m1/s1. The fourth-order valence-corrected chi connectivity index (χ4v) is 2.58. The normalized spacial score (nSPS) is 21.4. The summed E-state index contributed by atoms with van der Waals surface area (Å²) in [6, 6.07) is 3.73. The average molecular weight is 306 g/mol. The van der Waals surface area contributed by atoms with E-state index in [0.29, 0.717) is 19.7 Å². The number of hydrogen-bond acceptors (Lipinski definition) is 5. The van der Waals surface area contributed by atoms with Crippen molar-refractivity contribution < 1.29 is 9.53 Å². The number of morpholine rings is 1.